The van der Waals surface area contributed by atoms with Crippen LogP contribution in [0.1, 0.15) is 64.4 Å². The molecule has 2 heterocycles. The van der Waals surface area contributed by atoms with Crippen molar-refractivity contribution in [3.63, 3.8) is 0 Å². The van der Waals surface area contributed by atoms with Crippen LogP contribution in [0.5, 0.6) is 5.88 Å². The molecule has 0 saturated carbocycles. The molecule has 0 saturated heterocycles. The highest BCUT2D eigenvalue weighted by molar-refractivity contribution is 5.97. The number of nitrogens with one attached hydrogen (secondary N) is 1. The number of fused-ring (bicyclic) bond motifs is 1. The smallest absolute Gasteiger partial charge is 0.411 e. The minimum Gasteiger partial charge on any atom is -0.481 e. The van der Waals surface area contributed by atoms with Gasteiger partial charge < -0.3 is 14.8 Å². The molecule has 0 aliphatic carbocycles. The number of methoxy groups -OCH3 is 1. The molecule has 1 atom stereocenters. The molecule has 2 amide bonds. The van der Waals surface area contributed by atoms with Gasteiger partial charge in [0, 0.05) is 30.3 Å². The number of carbonyl (C=O) groups excluding carboxylic acids is 2. The first-order chi connectivity index (χ1) is 15.3. The Morgan fingerprint density at radius 1 is 1.12 bits per heavy atom. The van der Waals surface area contributed by atoms with Crippen LogP contribution in [0.3, 0.4) is 0 Å². The zero-order valence-corrected chi connectivity index (χ0v) is 20.3. The third-order valence-electron chi connectivity index (χ3n) is 5.31. The average Bonchev–Trinajstić information content (AvgIpc) is 2.70. The Kier molecular flexibility index (Phi) is 6.68. The average molecular weight is 458 g/mol. The molecule has 1 aromatic carbocycles. The Bertz CT molecular complexity index is 1060. The van der Waals surface area contributed by atoms with E-state index in [9.17, 15) is 14.0 Å². The van der Waals surface area contributed by atoms with Crippen molar-refractivity contribution in [2.45, 2.75) is 65.0 Å². The number of amides is 2. The summed E-state index contributed by atoms with van der Waals surface area (Å²) in [6, 6.07) is 7.02. The number of anilines is 1. The largest absolute Gasteiger partial charge is 0.481 e. The first-order valence-corrected chi connectivity index (χ1v) is 10.9. The summed E-state index contributed by atoms with van der Waals surface area (Å²) in [4.78, 5) is 32.2. The zero-order valence-electron chi connectivity index (χ0n) is 20.3. The van der Waals surface area contributed by atoms with Crippen LogP contribution in [-0.2, 0) is 21.4 Å². The molecule has 1 N–H and O–H groups in total. The molecule has 1 aromatic heterocycles. The summed E-state index contributed by atoms with van der Waals surface area (Å²) in [5.74, 6) is -0.449. The van der Waals surface area contributed by atoms with E-state index in [2.05, 4.69) is 10.3 Å². The molecular weight excluding hydrogens is 425 g/mol. The second kappa shape index (κ2) is 9.00. The van der Waals surface area contributed by atoms with Gasteiger partial charge in [-0.3, -0.25) is 9.69 Å². The lowest BCUT2D eigenvalue weighted by atomic mass is 9.86. The van der Waals surface area contributed by atoms with E-state index in [1.807, 2.05) is 20.8 Å². The van der Waals surface area contributed by atoms with Crippen molar-refractivity contribution in [1.82, 2.24) is 9.88 Å². The van der Waals surface area contributed by atoms with Crippen molar-refractivity contribution in [3.8, 4) is 5.88 Å². The first-order valence-electron chi connectivity index (χ1n) is 10.9. The van der Waals surface area contributed by atoms with Gasteiger partial charge in [-0.25, -0.2) is 14.2 Å². The third-order valence-corrected chi connectivity index (χ3v) is 5.31. The van der Waals surface area contributed by atoms with E-state index in [-0.39, 0.29) is 12.0 Å². The van der Waals surface area contributed by atoms with Gasteiger partial charge in [-0.05, 0) is 49.9 Å². The number of hydrogen-bond acceptors (Lipinski definition) is 5. The predicted octanol–water partition coefficient (Wildman–Crippen LogP) is 5.00. The summed E-state index contributed by atoms with van der Waals surface area (Å²) < 4.78 is 25.4. The van der Waals surface area contributed by atoms with Crippen molar-refractivity contribution in [2.75, 3.05) is 19.0 Å². The highest BCUT2D eigenvalue weighted by Crippen LogP contribution is 2.33. The molecule has 2 aromatic rings. The van der Waals surface area contributed by atoms with Gasteiger partial charge in [0.15, 0.2) is 0 Å². The molecule has 1 aliphatic rings. The van der Waals surface area contributed by atoms with E-state index in [0.717, 1.165) is 0 Å². The van der Waals surface area contributed by atoms with Crippen molar-refractivity contribution < 1.29 is 23.5 Å². The van der Waals surface area contributed by atoms with Crippen LogP contribution in [-0.4, -0.2) is 41.1 Å². The number of rotatable bonds is 3. The molecule has 33 heavy (non-hydrogen) atoms. The maximum absolute atomic E-state index is 14.7. The number of carbonyl (C=O) groups is 2. The Hall–Kier alpha value is -3.16. The standard InChI is InChI=1S/C25H32FN3O4/c1-24(2,3)17-10-8-15(14-18(17)26)27-22(30)21-16-9-11-20(32-7)28-19(16)12-13-29(21)23(31)33-25(4,5)6/h8-11,14,21H,12-13H2,1-7H3,(H,27,30). The van der Waals surface area contributed by atoms with Crippen molar-refractivity contribution >= 4 is 17.7 Å². The molecular formula is C25H32FN3O4. The minimum absolute atomic E-state index is 0.248. The van der Waals surface area contributed by atoms with E-state index in [1.165, 1.54) is 18.1 Å². The highest BCUT2D eigenvalue weighted by Gasteiger charge is 2.39. The van der Waals surface area contributed by atoms with Crippen LogP contribution in [0.15, 0.2) is 30.3 Å². The van der Waals surface area contributed by atoms with Crippen LogP contribution in [0, 0.1) is 5.82 Å². The Balaban J connectivity index is 1.95. The van der Waals surface area contributed by atoms with E-state index >= 15 is 0 Å². The Labute approximate surface area is 194 Å². The number of nitrogens with zero attached hydrogens (tertiary/aromatic N) is 2. The van der Waals surface area contributed by atoms with Crippen LogP contribution in [0.25, 0.3) is 0 Å². The lowest BCUT2D eigenvalue weighted by Crippen LogP contribution is -2.47. The highest BCUT2D eigenvalue weighted by atomic mass is 19.1. The van der Waals surface area contributed by atoms with E-state index < -0.39 is 29.5 Å². The summed E-state index contributed by atoms with van der Waals surface area (Å²) in [5.41, 5.74) is 1.02. The van der Waals surface area contributed by atoms with Crippen molar-refractivity contribution in [2.24, 2.45) is 0 Å². The lowest BCUT2D eigenvalue weighted by molar-refractivity contribution is -0.122. The monoisotopic (exact) mass is 457 g/mol. The zero-order chi connectivity index (χ0) is 24.6. The SMILES string of the molecule is COc1ccc2c(n1)CCN(C(=O)OC(C)(C)C)C2C(=O)Nc1ccc(C(C)(C)C)c(F)c1. The summed E-state index contributed by atoms with van der Waals surface area (Å²) in [6.45, 7) is 11.3. The summed E-state index contributed by atoms with van der Waals surface area (Å²) in [7, 11) is 1.52. The fourth-order valence-electron chi connectivity index (χ4n) is 3.79. The molecule has 0 fully saturated rings. The van der Waals surface area contributed by atoms with Crippen molar-refractivity contribution in [3.05, 3.63) is 53.0 Å². The molecule has 178 valence electrons. The van der Waals surface area contributed by atoms with Gasteiger partial charge in [0.05, 0.1) is 12.8 Å². The number of hydrogen-bond donors (Lipinski definition) is 1. The number of aromatic nitrogens is 1. The van der Waals surface area contributed by atoms with E-state index in [4.69, 9.17) is 9.47 Å². The molecule has 1 aliphatic heterocycles. The fraction of sp³-hybridized carbons (Fsp3) is 0.480. The normalized spacial score (nSPS) is 16.1. The van der Waals surface area contributed by atoms with Gasteiger partial charge in [0.2, 0.25) is 5.88 Å². The van der Waals surface area contributed by atoms with Gasteiger partial charge in [0.1, 0.15) is 17.5 Å². The molecule has 0 spiro atoms. The maximum Gasteiger partial charge on any atom is 0.411 e. The maximum atomic E-state index is 14.7. The molecule has 0 bridgehead atoms. The molecule has 1 unspecified atom stereocenters. The minimum atomic E-state index is -0.979. The molecule has 3 rings (SSSR count). The van der Waals surface area contributed by atoms with Crippen LogP contribution >= 0.6 is 0 Å². The van der Waals surface area contributed by atoms with Gasteiger partial charge in [-0.2, -0.15) is 0 Å². The van der Waals surface area contributed by atoms with Crippen molar-refractivity contribution in [1.29, 1.82) is 0 Å². The quantitative estimate of drug-likeness (QED) is 0.702. The summed E-state index contributed by atoms with van der Waals surface area (Å²) in [5, 5.41) is 2.76. The van der Waals surface area contributed by atoms with Crippen LogP contribution < -0.4 is 10.1 Å². The Morgan fingerprint density at radius 2 is 1.82 bits per heavy atom. The third kappa shape index (κ3) is 5.61. The second-order valence-corrected chi connectivity index (χ2v) is 10.1. The predicted molar refractivity (Wildman–Crippen MR) is 124 cm³/mol. The van der Waals surface area contributed by atoms with Crippen LogP contribution in [0.4, 0.5) is 14.9 Å². The van der Waals surface area contributed by atoms with Gasteiger partial charge in [-0.1, -0.05) is 26.8 Å². The van der Waals surface area contributed by atoms with Gasteiger partial charge in [-0.15, -0.1) is 0 Å². The topological polar surface area (TPSA) is 80.8 Å². The number of halogens is 1. The van der Waals surface area contributed by atoms with E-state index in [0.29, 0.717) is 34.8 Å². The van der Waals surface area contributed by atoms with Crippen LogP contribution in [0.2, 0.25) is 0 Å². The molecule has 8 heteroatoms. The second-order valence-electron chi connectivity index (χ2n) is 10.1. The van der Waals surface area contributed by atoms with Gasteiger partial charge >= 0.3 is 6.09 Å². The lowest BCUT2D eigenvalue weighted by Gasteiger charge is -2.36. The molecule has 7 nitrogen and oxygen atoms in total. The number of ether oxygens (including phenoxy) is 2. The summed E-state index contributed by atoms with van der Waals surface area (Å²) >= 11 is 0. The fourth-order valence-corrected chi connectivity index (χ4v) is 3.79. The van der Waals surface area contributed by atoms with E-state index in [1.54, 1.807) is 45.0 Å². The summed E-state index contributed by atoms with van der Waals surface area (Å²) in [6.07, 6.45) is -0.150. The number of benzene rings is 1. The Morgan fingerprint density at radius 3 is 2.39 bits per heavy atom. The molecule has 0 radical (unpaired) electrons. The first kappa shape index (κ1) is 24.5. The van der Waals surface area contributed by atoms with Gasteiger partial charge in [0.25, 0.3) is 5.91 Å². The number of pyridine rings is 1.